The molecule has 9 heteroatoms. The van der Waals surface area contributed by atoms with Gasteiger partial charge in [-0.3, -0.25) is 4.79 Å². The van der Waals surface area contributed by atoms with Crippen LogP contribution in [0.2, 0.25) is 0 Å². The summed E-state index contributed by atoms with van der Waals surface area (Å²) in [5.41, 5.74) is 2.10. The molecule has 7 nitrogen and oxygen atoms in total. The third-order valence-electron chi connectivity index (χ3n) is 6.12. The Kier molecular flexibility index (Phi) is 6.63. The highest BCUT2D eigenvalue weighted by Gasteiger charge is 2.34. The lowest BCUT2D eigenvalue weighted by Gasteiger charge is -2.14. The number of aromatic nitrogens is 1. The first-order valence-corrected chi connectivity index (χ1v) is 13.6. The summed E-state index contributed by atoms with van der Waals surface area (Å²) in [5, 5.41) is 2.39. The molecule has 1 amide bonds. The van der Waals surface area contributed by atoms with Crippen molar-refractivity contribution in [1.29, 1.82) is 0 Å². The molecule has 176 valence electrons. The van der Waals surface area contributed by atoms with E-state index >= 15 is 0 Å². The van der Waals surface area contributed by atoms with E-state index in [9.17, 15) is 18.0 Å². The van der Waals surface area contributed by atoms with Gasteiger partial charge >= 0.3 is 5.97 Å². The average Bonchev–Trinajstić information content (AvgIpc) is 3.37. The maximum absolute atomic E-state index is 13.5. The zero-order valence-corrected chi connectivity index (χ0v) is 20.6. The van der Waals surface area contributed by atoms with Gasteiger partial charge in [0.1, 0.15) is 10.3 Å². The molecule has 1 aromatic carbocycles. The van der Waals surface area contributed by atoms with Crippen LogP contribution < -0.4 is 5.32 Å². The van der Waals surface area contributed by atoms with Crippen LogP contribution >= 0.6 is 11.3 Å². The fraction of sp³-hybridized carbons (Fsp3) is 0.417. The second-order valence-electron chi connectivity index (χ2n) is 8.11. The van der Waals surface area contributed by atoms with Crippen molar-refractivity contribution in [3.05, 3.63) is 46.5 Å². The van der Waals surface area contributed by atoms with Gasteiger partial charge in [-0.05, 0) is 58.1 Å². The molecule has 3 aromatic rings. The lowest BCUT2D eigenvalue weighted by Crippen LogP contribution is -2.32. The molecule has 0 radical (unpaired) electrons. The molecule has 0 aliphatic heterocycles. The quantitative estimate of drug-likeness (QED) is 0.491. The van der Waals surface area contributed by atoms with Gasteiger partial charge in [-0.15, -0.1) is 11.3 Å². The number of sulfone groups is 1. The highest BCUT2D eigenvalue weighted by Crippen LogP contribution is 2.39. The standard InChI is InChI=1S/C24H28N2O5S2/c1-4-26-14-20(16-10-6-8-12-18(16)26)33(29,30)15(3)22(27)25-23-21(24(28)31-5-2)17-11-7-9-13-19(17)32-23/h6,8,10,12,14-15H,4-5,7,9,11,13H2,1-3H3,(H,25,27)/t15-/m1/s1. The summed E-state index contributed by atoms with van der Waals surface area (Å²) >= 11 is 1.35. The van der Waals surface area contributed by atoms with E-state index in [1.165, 1.54) is 18.3 Å². The number of carbonyl (C=O) groups is 2. The van der Waals surface area contributed by atoms with E-state index in [4.69, 9.17) is 4.74 Å². The summed E-state index contributed by atoms with van der Waals surface area (Å²) in [6.07, 6.45) is 5.18. The molecule has 33 heavy (non-hydrogen) atoms. The number of hydrogen-bond acceptors (Lipinski definition) is 6. The molecule has 0 spiro atoms. The summed E-state index contributed by atoms with van der Waals surface area (Å²) in [6, 6.07) is 7.26. The maximum atomic E-state index is 13.5. The topological polar surface area (TPSA) is 94.5 Å². The Morgan fingerprint density at radius 2 is 1.91 bits per heavy atom. The highest BCUT2D eigenvalue weighted by molar-refractivity contribution is 7.93. The normalized spacial score (nSPS) is 14.6. The zero-order valence-electron chi connectivity index (χ0n) is 19.0. The van der Waals surface area contributed by atoms with Gasteiger partial charge in [0.2, 0.25) is 5.91 Å². The van der Waals surface area contributed by atoms with Gasteiger partial charge in [0, 0.05) is 28.5 Å². The number of esters is 1. The highest BCUT2D eigenvalue weighted by atomic mass is 32.2. The van der Waals surface area contributed by atoms with Gasteiger partial charge in [-0.25, -0.2) is 13.2 Å². The molecule has 1 atom stereocenters. The van der Waals surface area contributed by atoms with Crippen LogP contribution in [-0.2, 0) is 38.8 Å². The first-order valence-electron chi connectivity index (χ1n) is 11.2. The zero-order chi connectivity index (χ0) is 23.8. The predicted molar refractivity (Wildman–Crippen MR) is 130 cm³/mol. The summed E-state index contributed by atoms with van der Waals surface area (Å²) in [5.74, 6) is -1.14. The number of nitrogens with zero attached hydrogens (tertiary/aromatic N) is 1. The smallest absolute Gasteiger partial charge is 0.341 e. The van der Waals surface area contributed by atoms with Crippen LogP contribution in [0.1, 0.15) is 54.4 Å². The Labute approximate surface area is 197 Å². The summed E-state index contributed by atoms with van der Waals surface area (Å²) in [7, 11) is -3.96. The number of carbonyl (C=O) groups excluding carboxylic acids is 2. The van der Waals surface area contributed by atoms with Crippen molar-refractivity contribution in [2.75, 3.05) is 11.9 Å². The monoisotopic (exact) mass is 488 g/mol. The molecule has 0 unspecified atom stereocenters. The van der Waals surface area contributed by atoms with E-state index in [0.29, 0.717) is 22.5 Å². The Morgan fingerprint density at radius 1 is 1.18 bits per heavy atom. The van der Waals surface area contributed by atoms with Gasteiger partial charge in [-0.2, -0.15) is 0 Å². The van der Waals surface area contributed by atoms with Crippen LogP contribution in [0, 0.1) is 0 Å². The predicted octanol–water partition coefficient (Wildman–Crippen LogP) is 4.58. The fourth-order valence-corrected chi connectivity index (χ4v) is 7.07. The Balaban J connectivity index is 1.67. The van der Waals surface area contributed by atoms with E-state index in [2.05, 4.69) is 5.32 Å². The number of amides is 1. The van der Waals surface area contributed by atoms with Crippen molar-refractivity contribution in [3.63, 3.8) is 0 Å². The summed E-state index contributed by atoms with van der Waals surface area (Å²) < 4.78 is 34.0. The van der Waals surface area contributed by atoms with Crippen LogP contribution in [0.3, 0.4) is 0 Å². The lowest BCUT2D eigenvalue weighted by atomic mass is 9.95. The minimum Gasteiger partial charge on any atom is -0.462 e. The van der Waals surface area contributed by atoms with E-state index < -0.39 is 27.0 Å². The van der Waals surface area contributed by atoms with Gasteiger partial charge in [0.05, 0.1) is 17.1 Å². The Morgan fingerprint density at radius 3 is 2.64 bits per heavy atom. The molecule has 4 rings (SSSR count). The Hall–Kier alpha value is -2.65. The molecular weight excluding hydrogens is 460 g/mol. The van der Waals surface area contributed by atoms with Crippen LogP contribution in [-0.4, -0.2) is 36.7 Å². The van der Waals surface area contributed by atoms with E-state index in [-0.39, 0.29) is 11.5 Å². The number of aryl methyl sites for hydroxylation is 2. The summed E-state index contributed by atoms with van der Waals surface area (Å²) in [4.78, 5) is 27.0. The van der Waals surface area contributed by atoms with Gasteiger partial charge < -0.3 is 14.6 Å². The molecular formula is C24H28N2O5S2. The largest absolute Gasteiger partial charge is 0.462 e. The second-order valence-corrected chi connectivity index (χ2v) is 11.5. The van der Waals surface area contributed by atoms with Crippen LogP contribution in [0.25, 0.3) is 10.9 Å². The average molecular weight is 489 g/mol. The molecule has 2 heterocycles. The fourth-order valence-electron chi connectivity index (χ4n) is 4.32. The van der Waals surface area contributed by atoms with Crippen molar-refractivity contribution in [2.24, 2.45) is 0 Å². The number of rotatable bonds is 7. The van der Waals surface area contributed by atoms with Crippen LogP contribution in [0.5, 0.6) is 0 Å². The third-order valence-corrected chi connectivity index (χ3v) is 9.41. The minimum absolute atomic E-state index is 0.138. The minimum atomic E-state index is -3.96. The van der Waals surface area contributed by atoms with Crippen LogP contribution in [0.4, 0.5) is 5.00 Å². The van der Waals surface area contributed by atoms with Crippen LogP contribution in [0.15, 0.2) is 35.4 Å². The number of anilines is 1. The van der Waals surface area contributed by atoms with Crippen molar-refractivity contribution in [2.45, 2.75) is 63.1 Å². The molecule has 0 saturated heterocycles. The van der Waals surface area contributed by atoms with Crippen molar-refractivity contribution in [3.8, 4) is 0 Å². The molecule has 1 aliphatic carbocycles. The second kappa shape index (κ2) is 9.30. The number of ether oxygens (including phenoxy) is 1. The maximum Gasteiger partial charge on any atom is 0.341 e. The molecule has 0 saturated carbocycles. The Bertz CT molecular complexity index is 1320. The first kappa shape index (κ1) is 23.5. The molecule has 1 aliphatic rings. The number of fused-ring (bicyclic) bond motifs is 2. The van der Waals surface area contributed by atoms with Crippen molar-refractivity contribution in [1.82, 2.24) is 4.57 Å². The SMILES string of the molecule is CCOC(=O)c1c(NC(=O)[C@@H](C)S(=O)(=O)c2cn(CC)c3ccccc23)sc2c1CCCC2. The molecule has 0 fully saturated rings. The van der Waals surface area contributed by atoms with Crippen molar-refractivity contribution >= 4 is 49.0 Å². The number of nitrogens with one attached hydrogen (secondary N) is 1. The number of para-hydroxylation sites is 1. The number of thiophene rings is 1. The number of hydrogen-bond donors (Lipinski definition) is 1. The summed E-state index contributed by atoms with van der Waals surface area (Å²) in [6.45, 7) is 5.90. The van der Waals surface area contributed by atoms with E-state index in [1.54, 1.807) is 25.3 Å². The molecule has 2 aromatic heterocycles. The molecule has 1 N–H and O–H groups in total. The van der Waals surface area contributed by atoms with Gasteiger partial charge in [0.25, 0.3) is 0 Å². The van der Waals surface area contributed by atoms with E-state index in [1.807, 2.05) is 23.6 Å². The van der Waals surface area contributed by atoms with E-state index in [0.717, 1.165) is 41.6 Å². The number of benzene rings is 1. The third kappa shape index (κ3) is 4.19. The molecule has 0 bridgehead atoms. The van der Waals surface area contributed by atoms with Gasteiger partial charge in [0.15, 0.2) is 9.84 Å². The first-order chi connectivity index (χ1) is 15.8. The lowest BCUT2D eigenvalue weighted by molar-refractivity contribution is -0.115. The van der Waals surface area contributed by atoms with Gasteiger partial charge in [-0.1, -0.05) is 18.2 Å². The van der Waals surface area contributed by atoms with Crippen molar-refractivity contribution < 1.29 is 22.7 Å².